The Labute approximate surface area is 131 Å². The van der Waals surface area contributed by atoms with E-state index in [1.807, 2.05) is 19.1 Å². The molecule has 21 heavy (non-hydrogen) atoms. The SMILES string of the molecule is CCC1(Cn2c(C(C)Cl)nc3ccc(OC)cc32)CCC1. The maximum atomic E-state index is 6.37. The number of alkyl halides is 1. The number of ether oxygens (including phenoxy) is 1. The number of rotatable bonds is 5. The van der Waals surface area contributed by atoms with Gasteiger partial charge in [-0.2, -0.15) is 0 Å². The summed E-state index contributed by atoms with van der Waals surface area (Å²) in [5.74, 6) is 1.84. The molecule has 0 aliphatic heterocycles. The van der Waals surface area contributed by atoms with Crippen molar-refractivity contribution >= 4 is 22.6 Å². The molecule has 1 aliphatic carbocycles. The van der Waals surface area contributed by atoms with Crippen LogP contribution in [0.4, 0.5) is 0 Å². The topological polar surface area (TPSA) is 27.1 Å². The van der Waals surface area contributed by atoms with E-state index in [-0.39, 0.29) is 5.38 Å². The fourth-order valence-electron chi connectivity index (χ4n) is 3.35. The Morgan fingerprint density at radius 3 is 2.71 bits per heavy atom. The van der Waals surface area contributed by atoms with Crippen LogP contribution in [0.5, 0.6) is 5.75 Å². The van der Waals surface area contributed by atoms with Crippen LogP contribution >= 0.6 is 11.6 Å². The van der Waals surface area contributed by atoms with Gasteiger partial charge in [0.05, 0.1) is 23.5 Å². The summed E-state index contributed by atoms with van der Waals surface area (Å²) in [5, 5.41) is -0.0858. The third-order valence-electron chi connectivity index (χ3n) is 5.00. The van der Waals surface area contributed by atoms with E-state index in [2.05, 4.69) is 17.6 Å². The summed E-state index contributed by atoms with van der Waals surface area (Å²) in [7, 11) is 1.70. The lowest BCUT2D eigenvalue weighted by atomic mass is 9.67. The van der Waals surface area contributed by atoms with Gasteiger partial charge in [-0.15, -0.1) is 11.6 Å². The third kappa shape index (κ3) is 2.52. The number of nitrogens with zero attached hydrogens (tertiary/aromatic N) is 2. The molecular weight excluding hydrogens is 284 g/mol. The monoisotopic (exact) mass is 306 g/mol. The Kier molecular flexibility index (Phi) is 3.87. The van der Waals surface area contributed by atoms with Crippen LogP contribution in [-0.2, 0) is 6.54 Å². The first-order valence-electron chi connectivity index (χ1n) is 7.77. The Balaban J connectivity index is 2.10. The standard InChI is InChI=1S/C17H23ClN2O/c1-4-17(8-5-9-17)11-20-15-10-13(21-3)6-7-14(15)19-16(20)12(2)18/h6-7,10,12H,4-5,8-9,11H2,1-3H3. The number of hydrogen-bond acceptors (Lipinski definition) is 2. The summed E-state index contributed by atoms with van der Waals surface area (Å²) < 4.78 is 7.69. The Morgan fingerprint density at radius 2 is 2.19 bits per heavy atom. The van der Waals surface area contributed by atoms with E-state index in [0.29, 0.717) is 5.41 Å². The van der Waals surface area contributed by atoms with Gasteiger partial charge in [0.2, 0.25) is 0 Å². The largest absolute Gasteiger partial charge is 0.497 e. The molecule has 1 unspecified atom stereocenters. The average molecular weight is 307 g/mol. The van der Waals surface area contributed by atoms with Crippen LogP contribution in [0.25, 0.3) is 11.0 Å². The van der Waals surface area contributed by atoms with Gasteiger partial charge in [0, 0.05) is 12.6 Å². The van der Waals surface area contributed by atoms with Gasteiger partial charge < -0.3 is 9.30 Å². The van der Waals surface area contributed by atoms with Crippen LogP contribution in [0.1, 0.15) is 50.7 Å². The number of fused-ring (bicyclic) bond motifs is 1. The summed E-state index contributed by atoms with van der Waals surface area (Å²) in [6, 6.07) is 6.06. The minimum Gasteiger partial charge on any atom is -0.497 e. The highest BCUT2D eigenvalue weighted by molar-refractivity contribution is 6.20. The summed E-state index contributed by atoms with van der Waals surface area (Å²) >= 11 is 6.37. The maximum Gasteiger partial charge on any atom is 0.127 e. The van der Waals surface area contributed by atoms with E-state index in [1.54, 1.807) is 7.11 Å². The second-order valence-electron chi connectivity index (χ2n) is 6.23. The van der Waals surface area contributed by atoms with Crippen LogP contribution in [-0.4, -0.2) is 16.7 Å². The molecule has 0 amide bonds. The first-order chi connectivity index (χ1) is 10.1. The van der Waals surface area contributed by atoms with Crippen LogP contribution in [0.2, 0.25) is 0 Å². The normalized spacial score (nSPS) is 18.5. The first-order valence-corrected chi connectivity index (χ1v) is 8.20. The van der Waals surface area contributed by atoms with Gasteiger partial charge in [0.1, 0.15) is 11.6 Å². The molecule has 0 radical (unpaired) electrons. The fourth-order valence-corrected chi connectivity index (χ4v) is 3.52. The molecule has 2 aromatic rings. The van der Waals surface area contributed by atoms with Crippen molar-refractivity contribution in [3.8, 4) is 5.75 Å². The van der Waals surface area contributed by atoms with Gasteiger partial charge in [-0.25, -0.2) is 4.98 Å². The van der Waals surface area contributed by atoms with Crippen molar-refractivity contribution in [2.75, 3.05) is 7.11 Å². The summed E-state index contributed by atoms with van der Waals surface area (Å²) in [6.07, 6.45) is 5.18. The molecule has 0 bridgehead atoms. The highest BCUT2D eigenvalue weighted by atomic mass is 35.5. The predicted octanol–water partition coefficient (Wildman–Crippen LogP) is 4.93. The minimum atomic E-state index is -0.0858. The zero-order chi connectivity index (χ0) is 15.0. The molecule has 0 spiro atoms. The highest BCUT2D eigenvalue weighted by Gasteiger charge is 2.36. The molecule has 1 aromatic heterocycles. The lowest BCUT2D eigenvalue weighted by Crippen LogP contribution is -2.34. The van der Waals surface area contributed by atoms with Gasteiger partial charge in [-0.1, -0.05) is 13.3 Å². The summed E-state index contributed by atoms with van der Waals surface area (Å²) in [4.78, 5) is 4.74. The van der Waals surface area contributed by atoms with Crippen molar-refractivity contribution in [3.05, 3.63) is 24.0 Å². The van der Waals surface area contributed by atoms with Crippen molar-refractivity contribution in [3.63, 3.8) is 0 Å². The maximum absolute atomic E-state index is 6.37. The van der Waals surface area contributed by atoms with Gasteiger partial charge in [-0.3, -0.25) is 0 Å². The van der Waals surface area contributed by atoms with Gasteiger partial charge in [-0.05, 0) is 43.7 Å². The van der Waals surface area contributed by atoms with E-state index in [9.17, 15) is 0 Å². The van der Waals surface area contributed by atoms with Crippen molar-refractivity contribution in [1.29, 1.82) is 0 Å². The molecular formula is C17H23ClN2O. The number of benzene rings is 1. The van der Waals surface area contributed by atoms with Gasteiger partial charge in [0.25, 0.3) is 0 Å². The average Bonchev–Trinajstić information content (AvgIpc) is 2.80. The molecule has 0 saturated heterocycles. The number of aromatic nitrogens is 2. The number of methoxy groups -OCH3 is 1. The van der Waals surface area contributed by atoms with Gasteiger partial charge in [0.15, 0.2) is 0 Å². The third-order valence-corrected chi connectivity index (χ3v) is 5.19. The molecule has 1 heterocycles. The lowest BCUT2D eigenvalue weighted by molar-refractivity contribution is 0.101. The van der Waals surface area contributed by atoms with Crippen LogP contribution in [0.15, 0.2) is 18.2 Å². The fraction of sp³-hybridized carbons (Fsp3) is 0.588. The molecule has 3 rings (SSSR count). The summed E-state index contributed by atoms with van der Waals surface area (Å²) in [5.41, 5.74) is 2.57. The van der Waals surface area contributed by atoms with Crippen molar-refractivity contribution in [1.82, 2.24) is 9.55 Å². The van der Waals surface area contributed by atoms with E-state index in [4.69, 9.17) is 21.3 Å². The molecule has 1 aliphatic rings. The molecule has 1 saturated carbocycles. The predicted molar refractivity (Wildman–Crippen MR) is 87.1 cm³/mol. The zero-order valence-corrected chi connectivity index (χ0v) is 13.8. The molecule has 0 N–H and O–H groups in total. The van der Waals surface area contributed by atoms with E-state index in [0.717, 1.165) is 29.2 Å². The van der Waals surface area contributed by atoms with Crippen LogP contribution in [0.3, 0.4) is 0 Å². The van der Waals surface area contributed by atoms with E-state index >= 15 is 0 Å². The lowest BCUT2D eigenvalue weighted by Gasteiger charge is -2.42. The molecule has 4 heteroatoms. The molecule has 1 fully saturated rings. The smallest absolute Gasteiger partial charge is 0.127 e. The van der Waals surface area contributed by atoms with Gasteiger partial charge >= 0.3 is 0 Å². The van der Waals surface area contributed by atoms with Crippen molar-refractivity contribution in [2.24, 2.45) is 5.41 Å². The minimum absolute atomic E-state index is 0.0858. The van der Waals surface area contributed by atoms with Crippen molar-refractivity contribution < 1.29 is 4.74 Å². The molecule has 1 aromatic carbocycles. The van der Waals surface area contributed by atoms with E-state index < -0.39 is 0 Å². The highest BCUT2D eigenvalue weighted by Crippen LogP contribution is 2.46. The second-order valence-corrected chi connectivity index (χ2v) is 6.89. The Hall–Kier alpha value is -1.22. The van der Waals surface area contributed by atoms with Crippen LogP contribution in [0, 0.1) is 5.41 Å². The first kappa shape index (κ1) is 14.7. The van der Waals surface area contributed by atoms with E-state index in [1.165, 1.54) is 25.7 Å². The second kappa shape index (κ2) is 5.53. The molecule has 1 atom stereocenters. The Morgan fingerprint density at radius 1 is 1.43 bits per heavy atom. The number of halogens is 1. The van der Waals surface area contributed by atoms with Crippen molar-refractivity contribution in [2.45, 2.75) is 51.5 Å². The Bertz CT molecular complexity index is 638. The molecule has 3 nitrogen and oxygen atoms in total. The zero-order valence-electron chi connectivity index (χ0n) is 13.0. The quantitative estimate of drug-likeness (QED) is 0.733. The molecule has 114 valence electrons. The number of imidazole rings is 1. The summed E-state index contributed by atoms with van der Waals surface area (Å²) in [6.45, 7) is 5.30. The van der Waals surface area contributed by atoms with Crippen LogP contribution < -0.4 is 4.74 Å². The number of hydrogen-bond donors (Lipinski definition) is 0.